The van der Waals surface area contributed by atoms with Crippen molar-refractivity contribution in [2.24, 2.45) is 0 Å². The Labute approximate surface area is 99.5 Å². The Morgan fingerprint density at radius 1 is 1.25 bits per heavy atom. The summed E-state index contributed by atoms with van der Waals surface area (Å²) in [7, 11) is 0. The zero-order chi connectivity index (χ0) is 11.2. The highest BCUT2D eigenvalue weighted by Gasteiger charge is 2.47. The molecule has 2 heterocycles. The van der Waals surface area contributed by atoms with Crippen LogP contribution in [0, 0.1) is 0 Å². The molecule has 0 saturated carbocycles. The van der Waals surface area contributed by atoms with Gasteiger partial charge in [-0.25, -0.2) is 4.42 Å². The lowest BCUT2D eigenvalue weighted by molar-refractivity contribution is -0.122. The summed E-state index contributed by atoms with van der Waals surface area (Å²) in [5, 5.41) is 2.97. The van der Waals surface area contributed by atoms with E-state index in [-0.39, 0.29) is 11.3 Å². The summed E-state index contributed by atoms with van der Waals surface area (Å²) in [5.41, 5.74) is 1.78. The van der Waals surface area contributed by atoms with Gasteiger partial charge in [0.05, 0.1) is 5.41 Å². The van der Waals surface area contributed by atoms with E-state index in [2.05, 4.69) is 11.4 Å². The fourth-order valence-corrected chi connectivity index (χ4v) is 2.90. The molecule has 1 spiro atoms. The molecule has 0 aromatic heterocycles. The Morgan fingerprint density at radius 3 is 2.69 bits per heavy atom. The van der Waals surface area contributed by atoms with E-state index in [4.69, 9.17) is 11.8 Å². The number of para-hydroxylation sites is 1. The van der Waals surface area contributed by atoms with E-state index in [0.717, 1.165) is 37.2 Å². The topological polar surface area (TPSA) is 32.3 Å². The zero-order valence-corrected chi connectivity index (χ0v) is 9.63. The molecule has 84 valence electrons. The molecule has 3 rings (SSSR count). The second kappa shape index (κ2) is 3.47. The molecule has 1 fully saturated rings. The van der Waals surface area contributed by atoms with Gasteiger partial charge in [-0.15, -0.1) is 0 Å². The number of carbonyl (C=O) groups excluding carboxylic acids is 1. The number of carbonyl (C=O) groups is 1. The second-order valence-electron chi connectivity index (χ2n) is 4.49. The van der Waals surface area contributed by atoms with Crippen molar-refractivity contribution in [1.29, 1.82) is 0 Å². The highest BCUT2D eigenvalue weighted by atomic mass is 35.5. The first-order chi connectivity index (χ1) is 7.72. The molecule has 1 aromatic carbocycles. The van der Waals surface area contributed by atoms with Crippen molar-refractivity contribution in [3.05, 3.63) is 29.8 Å². The minimum Gasteiger partial charge on any atom is -0.325 e. The van der Waals surface area contributed by atoms with E-state index >= 15 is 0 Å². The van der Waals surface area contributed by atoms with Gasteiger partial charge in [-0.1, -0.05) is 18.2 Å². The summed E-state index contributed by atoms with van der Waals surface area (Å²) in [6.45, 7) is 1.53. The Kier molecular flexibility index (Phi) is 2.19. The summed E-state index contributed by atoms with van der Waals surface area (Å²) < 4.78 is 1.76. The molecule has 0 atom stereocenters. The minimum absolute atomic E-state index is 0.137. The predicted molar refractivity (Wildman–Crippen MR) is 63.4 cm³/mol. The van der Waals surface area contributed by atoms with Crippen LogP contribution in [-0.2, 0) is 10.2 Å². The standard InChI is InChI=1S/C12H13ClN2O/c13-15-7-5-12(6-8-15)9-3-1-2-4-10(9)14-11(12)16/h1-4H,5-8H2,(H,14,16). The molecule has 0 bridgehead atoms. The number of halogens is 1. The number of hydrogen-bond acceptors (Lipinski definition) is 2. The number of anilines is 1. The Balaban J connectivity index is 2.04. The van der Waals surface area contributed by atoms with Crippen LogP contribution in [0.1, 0.15) is 18.4 Å². The molecule has 1 amide bonds. The first-order valence-electron chi connectivity index (χ1n) is 5.54. The van der Waals surface area contributed by atoms with Crippen molar-refractivity contribution >= 4 is 23.4 Å². The number of piperidine rings is 1. The van der Waals surface area contributed by atoms with Crippen LogP contribution >= 0.6 is 11.8 Å². The van der Waals surface area contributed by atoms with Gasteiger partial charge in [0.2, 0.25) is 5.91 Å². The maximum Gasteiger partial charge on any atom is 0.235 e. The third-order valence-corrected chi connectivity index (χ3v) is 4.03. The second-order valence-corrected chi connectivity index (χ2v) is 4.97. The summed E-state index contributed by atoms with van der Waals surface area (Å²) >= 11 is 5.95. The van der Waals surface area contributed by atoms with E-state index in [0.29, 0.717) is 0 Å². The third-order valence-electron chi connectivity index (χ3n) is 3.69. The maximum absolute atomic E-state index is 12.1. The molecule has 4 heteroatoms. The molecular formula is C12H13ClN2O. The molecule has 0 unspecified atom stereocenters. The zero-order valence-electron chi connectivity index (χ0n) is 8.87. The highest BCUT2D eigenvalue weighted by Crippen LogP contribution is 2.44. The number of benzene rings is 1. The van der Waals surface area contributed by atoms with Gasteiger partial charge in [-0.2, -0.15) is 0 Å². The molecule has 16 heavy (non-hydrogen) atoms. The lowest BCUT2D eigenvalue weighted by atomic mass is 9.74. The van der Waals surface area contributed by atoms with Crippen molar-refractivity contribution in [3.8, 4) is 0 Å². The van der Waals surface area contributed by atoms with Crippen molar-refractivity contribution in [2.45, 2.75) is 18.3 Å². The van der Waals surface area contributed by atoms with Gasteiger partial charge in [0, 0.05) is 18.8 Å². The summed E-state index contributed by atoms with van der Waals surface area (Å²) in [5.74, 6) is 0.137. The van der Waals surface area contributed by atoms with E-state index < -0.39 is 0 Å². The van der Waals surface area contributed by atoms with Gasteiger partial charge in [-0.05, 0) is 36.2 Å². The monoisotopic (exact) mass is 236 g/mol. The Morgan fingerprint density at radius 2 is 1.94 bits per heavy atom. The fourth-order valence-electron chi connectivity index (χ4n) is 2.73. The fraction of sp³-hybridized carbons (Fsp3) is 0.417. The molecule has 1 N–H and O–H groups in total. The van der Waals surface area contributed by atoms with Gasteiger partial charge in [-0.3, -0.25) is 4.79 Å². The average Bonchev–Trinajstić information content (AvgIpc) is 2.57. The van der Waals surface area contributed by atoms with Crippen molar-refractivity contribution < 1.29 is 4.79 Å². The molecular weight excluding hydrogens is 224 g/mol. The van der Waals surface area contributed by atoms with E-state index in [1.54, 1.807) is 4.42 Å². The summed E-state index contributed by atoms with van der Waals surface area (Å²) in [4.78, 5) is 12.1. The van der Waals surface area contributed by atoms with Crippen LogP contribution < -0.4 is 5.32 Å². The van der Waals surface area contributed by atoms with Gasteiger partial charge in [0.15, 0.2) is 0 Å². The van der Waals surface area contributed by atoms with Crippen LogP contribution in [0.5, 0.6) is 0 Å². The van der Waals surface area contributed by atoms with E-state index in [1.807, 2.05) is 18.2 Å². The lowest BCUT2D eigenvalue weighted by Gasteiger charge is -2.34. The number of nitrogens with zero attached hydrogens (tertiary/aromatic N) is 1. The quantitative estimate of drug-likeness (QED) is 0.700. The summed E-state index contributed by atoms with van der Waals surface area (Å²) in [6, 6.07) is 7.97. The van der Waals surface area contributed by atoms with E-state index in [9.17, 15) is 4.79 Å². The first kappa shape index (κ1) is 10.1. The Hall–Kier alpha value is -1.06. The first-order valence-corrected chi connectivity index (χ1v) is 5.88. The van der Waals surface area contributed by atoms with Crippen LogP contribution in [0.3, 0.4) is 0 Å². The molecule has 2 aliphatic rings. The van der Waals surface area contributed by atoms with Gasteiger partial charge >= 0.3 is 0 Å². The van der Waals surface area contributed by atoms with Crippen molar-refractivity contribution in [2.75, 3.05) is 18.4 Å². The summed E-state index contributed by atoms with van der Waals surface area (Å²) in [6.07, 6.45) is 1.61. The number of amides is 1. The van der Waals surface area contributed by atoms with Crippen molar-refractivity contribution in [3.63, 3.8) is 0 Å². The third kappa shape index (κ3) is 1.28. The smallest absolute Gasteiger partial charge is 0.235 e. The molecule has 0 radical (unpaired) electrons. The molecule has 1 aromatic rings. The molecule has 2 aliphatic heterocycles. The number of hydrogen-bond donors (Lipinski definition) is 1. The van der Waals surface area contributed by atoms with Crippen LogP contribution in [0.25, 0.3) is 0 Å². The predicted octanol–water partition coefficient (Wildman–Crippen LogP) is 2.13. The minimum atomic E-state index is -0.331. The average molecular weight is 237 g/mol. The lowest BCUT2D eigenvalue weighted by Crippen LogP contribution is -2.43. The Bertz CT molecular complexity index is 438. The number of nitrogens with one attached hydrogen (secondary N) is 1. The van der Waals surface area contributed by atoms with Gasteiger partial charge in [0.25, 0.3) is 0 Å². The largest absolute Gasteiger partial charge is 0.325 e. The van der Waals surface area contributed by atoms with Crippen molar-refractivity contribution in [1.82, 2.24) is 4.42 Å². The van der Waals surface area contributed by atoms with E-state index in [1.165, 1.54) is 0 Å². The van der Waals surface area contributed by atoms with Gasteiger partial charge < -0.3 is 5.32 Å². The SMILES string of the molecule is O=C1Nc2ccccc2C12CCN(Cl)CC2. The number of rotatable bonds is 0. The van der Waals surface area contributed by atoms with Crippen LogP contribution in [0.15, 0.2) is 24.3 Å². The number of fused-ring (bicyclic) bond motifs is 2. The molecule has 0 aliphatic carbocycles. The van der Waals surface area contributed by atoms with Crippen LogP contribution in [-0.4, -0.2) is 23.4 Å². The molecule has 3 nitrogen and oxygen atoms in total. The molecule has 1 saturated heterocycles. The highest BCUT2D eigenvalue weighted by molar-refractivity contribution is 6.13. The van der Waals surface area contributed by atoms with Gasteiger partial charge in [0.1, 0.15) is 0 Å². The maximum atomic E-state index is 12.1. The normalized spacial score (nSPS) is 23.2. The van der Waals surface area contributed by atoms with Crippen LogP contribution in [0.2, 0.25) is 0 Å². The van der Waals surface area contributed by atoms with Crippen LogP contribution in [0.4, 0.5) is 5.69 Å².